The van der Waals surface area contributed by atoms with Crippen LogP contribution in [0.3, 0.4) is 0 Å². The van der Waals surface area contributed by atoms with Crippen LogP contribution in [0.2, 0.25) is 0 Å². The Bertz CT molecular complexity index is 1780. The fourth-order valence-electron chi connectivity index (χ4n) is 6.69. The SMILES string of the molecule is COOC[C@H]1O[C@](n2cnc3c(=O)[nH]c(NC(=O)C(C)C)nc32)(C(c2ccccc2)(c2ccccc2)c2ccccc2)[C@H](O)[C@@H]1OC. The van der Waals surface area contributed by atoms with Gasteiger partial charge in [-0.3, -0.25) is 24.5 Å². The Morgan fingerprint density at radius 3 is 2.04 bits per heavy atom. The largest absolute Gasteiger partial charge is 0.385 e. The van der Waals surface area contributed by atoms with E-state index in [9.17, 15) is 14.7 Å². The molecular formula is C35H37N5O7. The molecule has 0 radical (unpaired) electrons. The molecule has 1 aliphatic heterocycles. The molecule has 3 heterocycles. The lowest BCUT2D eigenvalue weighted by Crippen LogP contribution is -2.61. The highest BCUT2D eigenvalue weighted by Gasteiger charge is 2.69. The van der Waals surface area contributed by atoms with Crippen LogP contribution in [0, 0.1) is 5.92 Å². The van der Waals surface area contributed by atoms with Gasteiger partial charge >= 0.3 is 0 Å². The molecule has 1 amide bonds. The van der Waals surface area contributed by atoms with Gasteiger partial charge in [0.1, 0.15) is 24.9 Å². The topological polar surface area (TPSA) is 150 Å². The number of methoxy groups -OCH3 is 1. The number of fused-ring (bicyclic) bond motifs is 1. The monoisotopic (exact) mass is 639 g/mol. The first-order chi connectivity index (χ1) is 22.8. The summed E-state index contributed by atoms with van der Waals surface area (Å²) in [6, 6.07) is 29.0. The van der Waals surface area contributed by atoms with E-state index < -0.39 is 35.0 Å². The summed E-state index contributed by atoms with van der Waals surface area (Å²) in [7, 11) is 2.87. The van der Waals surface area contributed by atoms with Crippen molar-refractivity contribution >= 4 is 23.0 Å². The maximum absolute atomic E-state index is 13.5. The number of nitrogens with zero attached hydrogens (tertiary/aromatic N) is 3. The van der Waals surface area contributed by atoms with E-state index in [0.29, 0.717) is 0 Å². The van der Waals surface area contributed by atoms with Crippen molar-refractivity contribution in [2.75, 3.05) is 26.1 Å². The first kappa shape index (κ1) is 32.2. The van der Waals surface area contributed by atoms with E-state index in [-0.39, 0.29) is 35.5 Å². The standard InChI is InChI=1S/C35H37N5O7/c1-22(2)31(42)38-33-37-30-27(32(43)39-33)36-21-40(30)35(29(41)28(44-3)26(47-35)20-46-45-4)34(23-14-8-5-9-15-23,24-16-10-6-11-17-24)25-18-12-7-13-19-25/h5-19,21-22,26,28-29,41H,20H2,1-4H3,(H2,37,38,39,42,43)/t26-,28-,29-,35+/m1/s1. The fraction of sp³-hybridized carbons (Fsp3) is 0.314. The molecule has 2 aromatic heterocycles. The van der Waals surface area contributed by atoms with Gasteiger partial charge in [0.2, 0.25) is 11.9 Å². The Morgan fingerprint density at radius 1 is 1.00 bits per heavy atom. The van der Waals surface area contributed by atoms with Gasteiger partial charge in [-0.2, -0.15) is 4.98 Å². The quantitative estimate of drug-likeness (QED) is 0.112. The number of amides is 1. The van der Waals surface area contributed by atoms with Gasteiger partial charge in [-0.25, -0.2) is 14.8 Å². The highest BCUT2D eigenvalue weighted by molar-refractivity contribution is 5.91. The number of aromatic nitrogens is 4. The van der Waals surface area contributed by atoms with E-state index in [1.54, 1.807) is 18.4 Å². The number of imidazole rings is 1. The second kappa shape index (κ2) is 13.2. The number of aromatic amines is 1. The predicted molar refractivity (Wildman–Crippen MR) is 173 cm³/mol. The van der Waals surface area contributed by atoms with E-state index in [4.69, 9.17) is 24.2 Å². The van der Waals surface area contributed by atoms with Crippen LogP contribution < -0.4 is 10.9 Å². The van der Waals surface area contributed by atoms with E-state index in [0.717, 1.165) is 16.7 Å². The molecule has 12 heteroatoms. The van der Waals surface area contributed by atoms with Crippen LogP contribution in [0.25, 0.3) is 11.2 Å². The molecule has 244 valence electrons. The number of carbonyl (C=O) groups excluding carboxylic acids is 1. The molecule has 12 nitrogen and oxygen atoms in total. The third-order valence-electron chi connectivity index (χ3n) is 8.72. The first-order valence-electron chi connectivity index (χ1n) is 15.3. The Morgan fingerprint density at radius 2 is 1.55 bits per heavy atom. The summed E-state index contributed by atoms with van der Waals surface area (Å²) in [5.74, 6) is -0.787. The van der Waals surface area contributed by atoms with Crippen LogP contribution in [0.5, 0.6) is 0 Å². The summed E-state index contributed by atoms with van der Waals surface area (Å²) in [5.41, 5.74) is -1.41. The normalized spacial score (nSPS) is 21.4. The van der Waals surface area contributed by atoms with Gasteiger partial charge in [-0.15, -0.1) is 0 Å². The third kappa shape index (κ3) is 5.24. The molecule has 1 fully saturated rings. The molecule has 0 aliphatic carbocycles. The van der Waals surface area contributed by atoms with Crippen LogP contribution in [0.15, 0.2) is 102 Å². The Balaban J connectivity index is 1.78. The molecule has 3 aromatic carbocycles. The number of hydrogen-bond donors (Lipinski definition) is 3. The molecule has 5 aromatic rings. The number of hydrogen-bond acceptors (Lipinski definition) is 9. The van der Waals surface area contributed by atoms with Crippen molar-refractivity contribution in [2.45, 2.75) is 43.3 Å². The van der Waals surface area contributed by atoms with Gasteiger partial charge in [0.05, 0.1) is 18.9 Å². The Hall–Kier alpha value is -4.72. The van der Waals surface area contributed by atoms with E-state index in [2.05, 4.69) is 15.3 Å². The van der Waals surface area contributed by atoms with Crippen LogP contribution in [0.1, 0.15) is 30.5 Å². The van der Waals surface area contributed by atoms with E-state index in [1.807, 2.05) is 91.0 Å². The molecule has 3 N–H and O–H groups in total. The van der Waals surface area contributed by atoms with Crippen molar-refractivity contribution in [3.63, 3.8) is 0 Å². The fourth-order valence-corrected chi connectivity index (χ4v) is 6.69. The number of rotatable bonds is 11. The van der Waals surface area contributed by atoms with Gasteiger partial charge in [-0.05, 0) is 16.7 Å². The minimum Gasteiger partial charge on any atom is -0.385 e. The van der Waals surface area contributed by atoms with Gasteiger partial charge < -0.3 is 14.6 Å². The molecule has 6 rings (SSSR count). The average molecular weight is 640 g/mol. The molecule has 4 atom stereocenters. The molecule has 1 aliphatic rings. The molecule has 1 saturated heterocycles. The maximum Gasteiger partial charge on any atom is 0.280 e. The number of ether oxygens (including phenoxy) is 2. The number of aliphatic hydroxyl groups is 1. The number of anilines is 1. The highest BCUT2D eigenvalue weighted by atomic mass is 17.2. The number of H-pyrrole nitrogens is 1. The highest BCUT2D eigenvalue weighted by Crippen LogP contribution is 2.58. The van der Waals surface area contributed by atoms with Crippen molar-refractivity contribution in [3.05, 3.63) is 124 Å². The molecule has 0 unspecified atom stereocenters. The Labute approximate surface area is 271 Å². The van der Waals surface area contributed by atoms with Crippen molar-refractivity contribution in [1.29, 1.82) is 0 Å². The lowest BCUT2D eigenvalue weighted by molar-refractivity contribution is -0.296. The van der Waals surface area contributed by atoms with Gasteiger partial charge in [0.25, 0.3) is 5.56 Å². The van der Waals surface area contributed by atoms with Crippen LogP contribution in [-0.2, 0) is 35.2 Å². The molecule has 0 bridgehead atoms. The number of nitrogens with one attached hydrogen (secondary N) is 2. The van der Waals surface area contributed by atoms with Gasteiger partial charge in [-0.1, -0.05) is 105 Å². The molecule has 47 heavy (non-hydrogen) atoms. The van der Waals surface area contributed by atoms with Gasteiger partial charge in [0.15, 0.2) is 16.9 Å². The van der Waals surface area contributed by atoms with Crippen LogP contribution >= 0.6 is 0 Å². The summed E-state index contributed by atoms with van der Waals surface area (Å²) in [6.07, 6.45) is -1.81. The van der Waals surface area contributed by atoms with Crippen molar-refractivity contribution in [1.82, 2.24) is 19.5 Å². The second-order valence-corrected chi connectivity index (χ2v) is 11.6. The van der Waals surface area contributed by atoms with E-state index in [1.165, 1.54) is 20.5 Å². The zero-order valence-electron chi connectivity index (χ0n) is 26.5. The lowest BCUT2D eigenvalue weighted by Gasteiger charge is -2.51. The second-order valence-electron chi connectivity index (χ2n) is 11.6. The summed E-state index contributed by atoms with van der Waals surface area (Å²) in [4.78, 5) is 48.3. The summed E-state index contributed by atoms with van der Waals surface area (Å²) in [5, 5.41) is 15.5. The summed E-state index contributed by atoms with van der Waals surface area (Å²) < 4.78 is 14.7. The Kier molecular flexibility index (Phi) is 9.04. The van der Waals surface area contributed by atoms with E-state index >= 15 is 0 Å². The minimum atomic E-state index is -1.84. The summed E-state index contributed by atoms with van der Waals surface area (Å²) in [6.45, 7) is 3.36. The van der Waals surface area contributed by atoms with Crippen LogP contribution in [0.4, 0.5) is 5.95 Å². The van der Waals surface area contributed by atoms with Crippen molar-refractivity contribution in [2.24, 2.45) is 5.92 Å². The number of carbonyl (C=O) groups is 1. The average Bonchev–Trinajstić information content (AvgIpc) is 3.65. The lowest BCUT2D eigenvalue weighted by atomic mass is 9.60. The first-order valence-corrected chi connectivity index (χ1v) is 15.3. The zero-order chi connectivity index (χ0) is 33.2. The predicted octanol–water partition coefficient (Wildman–Crippen LogP) is 3.75. The zero-order valence-corrected chi connectivity index (χ0v) is 26.5. The third-order valence-corrected chi connectivity index (χ3v) is 8.72. The molecule has 0 spiro atoms. The van der Waals surface area contributed by atoms with Crippen LogP contribution in [-0.4, -0.2) is 69.7 Å². The summed E-state index contributed by atoms with van der Waals surface area (Å²) >= 11 is 0. The molecular weight excluding hydrogens is 602 g/mol. The van der Waals surface area contributed by atoms with Crippen molar-refractivity contribution < 1.29 is 29.1 Å². The number of aliphatic hydroxyl groups excluding tert-OH is 1. The molecule has 0 saturated carbocycles. The smallest absolute Gasteiger partial charge is 0.280 e. The number of benzene rings is 3. The van der Waals surface area contributed by atoms with Gasteiger partial charge in [0, 0.05) is 13.0 Å². The van der Waals surface area contributed by atoms with Crippen molar-refractivity contribution in [3.8, 4) is 0 Å². The minimum absolute atomic E-state index is 0.0173. The maximum atomic E-state index is 13.5.